The molecule has 0 radical (unpaired) electrons. The van der Waals surface area contributed by atoms with Gasteiger partial charge >= 0.3 is 0 Å². The second kappa shape index (κ2) is 15.9. The van der Waals surface area contributed by atoms with Crippen LogP contribution >= 0.6 is 0 Å². The van der Waals surface area contributed by atoms with Crippen LogP contribution in [0.1, 0.15) is 56.9 Å². The molecule has 4 aromatic rings. The highest BCUT2D eigenvalue weighted by molar-refractivity contribution is 5.25. The smallest absolute Gasteiger partial charge is 0.149 e. The molecule has 4 aromatic carbocycles. The van der Waals surface area contributed by atoms with Gasteiger partial charge in [0.15, 0.2) is 0 Å². The highest BCUT2D eigenvalue weighted by Crippen LogP contribution is 2.37. The van der Waals surface area contributed by atoms with Crippen LogP contribution in [0.25, 0.3) is 0 Å². The first-order chi connectivity index (χ1) is 20.0. The van der Waals surface area contributed by atoms with E-state index in [1.807, 2.05) is 118 Å². The summed E-state index contributed by atoms with van der Waals surface area (Å²) in [5.41, 5.74) is 1.34. The standard InChI is InChI=1S/C18H22O3.C9H12O2.C9H10O.H2O/c1-17(2,15-10-6-4-7-11-15)20-21-18(3,14-19)16-12-8-5-9-13-16;1-9(11,7-10)8-5-3-2-4-6-8;1-9(7-10-9)8-5-3-2-4-6-8;/h4-13,19H,14H2,1-3H3;2-6,10-11H,7H2,1H3;2-6H,7H2,1H3;1H2. The van der Waals surface area contributed by atoms with Crippen LogP contribution in [0.3, 0.4) is 0 Å². The molecule has 0 aromatic heterocycles. The first kappa shape index (κ1) is 35.8. The van der Waals surface area contributed by atoms with Crippen molar-refractivity contribution in [1.29, 1.82) is 0 Å². The van der Waals surface area contributed by atoms with Crippen molar-refractivity contribution in [3.63, 3.8) is 0 Å². The Labute approximate surface area is 255 Å². The molecule has 232 valence electrons. The Kier molecular flexibility index (Phi) is 13.2. The lowest BCUT2D eigenvalue weighted by atomic mass is 9.97. The molecule has 1 saturated heterocycles. The normalized spacial score (nSPS) is 18.2. The van der Waals surface area contributed by atoms with Crippen LogP contribution in [0, 0.1) is 0 Å². The summed E-state index contributed by atoms with van der Waals surface area (Å²) in [5, 5.41) is 28.0. The van der Waals surface area contributed by atoms with E-state index in [2.05, 4.69) is 19.1 Å². The van der Waals surface area contributed by atoms with Gasteiger partial charge in [-0.1, -0.05) is 121 Å². The van der Waals surface area contributed by atoms with E-state index in [4.69, 9.17) is 19.6 Å². The summed E-state index contributed by atoms with van der Waals surface area (Å²) < 4.78 is 5.28. The zero-order valence-corrected chi connectivity index (χ0v) is 25.7. The molecule has 1 heterocycles. The third kappa shape index (κ3) is 10.4. The first-order valence-electron chi connectivity index (χ1n) is 14.1. The van der Waals surface area contributed by atoms with E-state index in [0.717, 1.165) is 23.3 Å². The number of hydrogen-bond acceptors (Lipinski definition) is 6. The highest BCUT2D eigenvalue weighted by atomic mass is 17.2. The monoisotopic (exact) mass is 590 g/mol. The number of aliphatic hydroxyl groups is 3. The van der Waals surface area contributed by atoms with Crippen LogP contribution < -0.4 is 0 Å². The van der Waals surface area contributed by atoms with E-state index in [1.54, 1.807) is 19.1 Å². The summed E-state index contributed by atoms with van der Waals surface area (Å²) in [6.45, 7) is 9.83. The Bertz CT molecular complexity index is 1310. The third-order valence-electron chi connectivity index (χ3n) is 7.25. The first-order valence-corrected chi connectivity index (χ1v) is 14.1. The predicted octanol–water partition coefficient (Wildman–Crippen LogP) is 5.77. The van der Waals surface area contributed by atoms with Crippen molar-refractivity contribution in [3.05, 3.63) is 144 Å². The maximum Gasteiger partial charge on any atom is 0.149 e. The molecular formula is C36H46O7. The fraction of sp³-hybridized carbons (Fsp3) is 0.333. The SMILES string of the molecule is CC(C)(OOC(C)(CO)c1ccccc1)c1ccccc1.CC(O)(CO)c1ccccc1.CC1(c2ccccc2)CO1.O. The molecule has 7 heteroatoms. The molecule has 3 atom stereocenters. The van der Waals surface area contributed by atoms with E-state index in [0.29, 0.717) is 0 Å². The van der Waals surface area contributed by atoms with Gasteiger partial charge in [0.2, 0.25) is 0 Å². The number of rotatable bonds is 9. The maximum atomic E-state index is 9.70. The minimum atomic E-state index is -1.11. The van der Waals surface area contributed by atoms with Crippen molar-refractivity contribution in [1.82, 2.24) is 0 Å². The number of epoxide rings is 1. The molecule has 0 bridgehead atoms. The summed E-state index contributed by atoms with van der Waals surface area (Å²) in [5.74, 6) is 0. The minimum Gasteiger partial charge on any atom is -0.412 e. The quantitative estimate of drug-likeness (QED) is 0.129. The summed E-state index contributed by atoms with van der Waals surface area (Å²) in [6, 6.07) is 38.9. The van der Waals surface area contributed by atoms with Crippen LogP contribution in [0.4, 0.5) is 0 Å². The van der Waals surface area contributed by atoms with E-state index in [9.17, 15) is 10.2 Å². The van der Waals surface area contributed by atoms with Crippen molar-refractivity contribution in [2.45, 2.75) is 57.0 Å². The van der Waals surface area contributed by atoms with Crippen molar-refractivity contribution < 1.29 is 35.3 Å². The van der Waals surface area contributed by atoms with Gasteiger partial charge < -0.3 is 25.5 Å². The van der Waals surface area contributed by atoms with Gasteiger partial charge in [-0.25, -0.2) is 9.78 Å². The number of aliphatic hydroxyl groups excluding tert-OH is 2. The Morgan fingerprint density at radius 2 is 1.02 bits per heavy atom. The van der Waals surface area contributed by atoms with Crippen molar-refractivity contribution in [2.75, 3.05) is 19.8 Å². The summed E-state index contributed by atoms with van der Waals surface area (Å²) >= 11 is 0. The predicted molar refractivity (Wildman–Crippen MR) is 169 cm³/mol. The van der Waals surface area contributed by atoms with Crippen LogP contribution in [0.2, 0.25) is 0 Å². The van der Waals surface area contributed by atoms with Crippen LogP contribution in [0.5, 0.6) is 0 Å². The third-order valence-corrected chi connectivity index (χ3v) is 7.25. The van der Waals surface area contributed by atoms with E-state index in [-0.39, 0.29) is 24.3 Å². The summed E-state index contributed by atoms with van der Waals surface area (Å²) in [4.78, 5) is 11.3. The molecule has 5 N–H and O–H groups in total. The minimum absolute atomic E-state index is 0. The van der Waals surface area contributed by atoms with Crippen LogP contribution in [0.15, 0.2) is 121 Å². The molecular weight excluding hydrogens is 544 g/mol. The molecule has 0 amide bonds. The van der Waals surface area contributed by atoms with Gasteiger partial charge in [-0.3, -0.25) is 0 Å². The fourth-order valence-corrected chi connectivity index (χ4v) is 3.99. The van der Waals surface area contributed by atoms with E-state index in [1.165, 1.54) is 5.56 Å². The Morgan fingerprint density at radius 3 is 1.42 bits per heavy atom. The molecule has 1 fully saturated rings. The average Bonchev–Trinajstić information content (AvgIpc) is 3.80. The lowest BCUT2D eigenvalue weighted by Gasteiger charge is -2.32. The molecule has 0 spiro atoms. The molecule has 1 aliphatic rings. The van der Waals surface area contributed by atoms with Gasteiger partial charge in [-0.2, -0.15) is 0 Å². The molecule has 5 rings (SSSR count). The van der Waals surface area contributed by atoms with Crippen molar-refractivity contribution >= 4 is 0 Å². The van der Waals surface area contributed by atoms with Gasteiger partial charge in [0.1, 0.15) is 22.4 Å². The van der Waals surface area contributed by atoms with Crippen LogP contribution in [-0.4, -0.2) is 40.6 Å². The second-order valence-corrected chi connectivity index (χ2v) is 11.5. The lowest BCUT2D eigenvalue weighted by molar-refractivity contribution is -0.417. The Balaban J connectivity index is 0.000000246. The number of ether oxygens (including phenoxy) is 1. The van der Waals surface area contributed by atoms with Gasteiger partial charge in [0.05, 0.1) is 19.8 Å². The molecule has 1 aliphatic heterocycles. The largest absolute Gasteiger partial charge is 0.412 e. The number of benzene rings is 4. The molecule has 0 saturated carbocycles. The van der Waals surface area contributed by atoms with E-state index < -0.39 is 16.8 Å². The van der Waals surface area contributed by atoms with Gasteiger partial charge in [-0.05, 0) is 56.9 Å². The summed E-state index contributed by atoms with van der Waals surface area (Å²) in [6.07, 6.45) is 0. The van der Waals surface area contributed by atoms with Crippen molar-refractivity contribution in [2.24, 2.45) is 0 Å². The maximum absolute atomic E-state index is 9.70. The Morgan fingerprint density at radius 1 is 0.628 bits per heavy atom. The number of hydrogen-bond donors (Lipinski definition) is 3. The molecule has 7 nitrogen and oxygen atoms in total. The highest BCUT2D eigenvalue weighted by Gasteiger charge is 2.40. The lowest BCUT2D eigenvalue weighted by Crippen LogP contribution is -2.34. The van der Waals surface area contributed by atoms with Crippen molar-refractivity contribution in [3.8, 4) is 0 Å². The zero-order chi connectivity index (χ0) is 30.7. The van der Waals surface area contributed by atoms with Crippen LogP contribution in [-0.2, 0) is 36.9 Å². The topological polar surface area (TPSA) is 123 Å². The zero-order valence-electron chi connectivity index (χ0n) is 25.7. The molecule has 3 unspecified atom stereocenters. The van der Waals surface area contributed by atoms with Gasteiger partial charge in [0.25, 0.3) is 0 Å². The Hall–Kier alpha value is -3.40. The average molecular weight is 591 g/mol. The fourth-order valence-electron chi connectivity index (χ4n) is 3.99. The molecule has 0 aliphatic carbocycles. The van der Waals surface area contributed by atoms with Gasteiger partial charge in [0, 0.05) is 0 Å². The molecule has 43 heavy (non-hydrogen) atoms. The van der Waals surface area contributed by atoms with Gasteiger partial charge in [-0.15, -0.1) is 0 Å². The van der Waals surface area contributed by atoms with E-state index >= 15 is 0 Å². The summed E-state index contributed by atoms with van der Waals surface area (Å²) in [7, 11) is 0. The second-order valence-electron chi connectivity index (χ2n) is 11.5.